The molecule has 1 aromatic rings. The minimum Gasteiger partial charge on any atom is -0.507 e. The molecule has 2 aliphatic heterocycles. The summed E-state index contributed by atoms with van der Waals surface area (Å²) < 4.78 is 5.80. The van der Waals surface area contributed by atoms with Crippen molar-refractivity contribution in [3.05, 3.63) is 29.3 Å². The van der Waals surface area contributed by atoms with E-state index >= 15 is 0 Å². The molecule has 2 fully saturated rings. The summed E-state index contributed by atoms with van der Waals surface area (Å²) in [4.78, 5) is 29.2. The number of likely N-dealkylation sites (tertiary alicyclic amines) is 1. The third kappa shape index (κ3) is 7.93. The number of benzene rings is 1. The fourth-order valence-electron chi connectivity index (χ4n) is 5.62. The van der Waals surface area contributed by atoms with Gasteiger partial charge in [0, 0.05) is 24.8 Å². The van der Waals surface area contributed by atoms with Crippen LogP contribution in [-0.2, 0) is 26.3 Å². The lowest BCUT2D eigenvalue weighted by atomic mass is 9.73. The van der Waals surface area contributed by atoms with Crippen LogP contribution in [-0.4, -0.2) is 60.2 Å². The van der Waals surface area contributed by atoms with E-state index in [0.717, 1.165) is 56.3 Å². The average molecular weight is 516 g/mol. The van der Waals surface area contributed by atoms with Gasteiger partial charge in [0.05, 0.1) is 12.0 Å². The van der Waals surface area contributed by atoms with Crippen molar-refractivity contribution < 1.29 is 19.4 Å². The Kier molecular flexibility index (Phi) is 10.0. The monoisotopic (exact) mass is 515 g/mol. The van der Waals surface area contributed by atoms with Gasteiger partial charge < -0.3 is 20.5 Å². The predicted octanol–water partition coefficient (Wildman–Crippen LogP) is 4.51. The maximum atomic E-state index is 13.8. The molecule has 0 saturated carbocycles. The van der Waals surface area contributed by atoms with E-state index in [-0.39, 0.29) is 29.2 Å². The summed E-state index contributed by atoms with van der Waals surface area (Å²) >= 11 is 0. The van der Waals surface area contributed by atoms with Crippen LogP contribution < -0.4 is 10.6 Å². The number of ether oxygens (including phenoxy) is 1. The third-order valence-corrected chi connectivity index (χ3v) is 7.90. The fourth-order valence-corrected chi connectivity index (χ4v) is 5.62. The van der Waals surface area contributed by atoms with Gasteiger partial charge >= 0.3 is 0 Å². The van der Waals surface area contributed by atoms with E-state index in [0.29, 0.717) is 31.9 Å². The Morgan fingerprint density at radius 1 is 1.11 bits per heavy atom. The van der Waals surface area contributed by atoms with E-state index in [9.17, 15) is 14.7 Å². The number of piperidine rings is 1. The molecule has 1 aromatic carbocycles. The number of hydrogen-bond acceptors (Lipinski definition) is 5. The molecule has 7 heteroatoms. The van der Waals surface area contributed by atoms with Crippen LogP contribution in [0, 0.1) is 11.3 Å². The minimum atomic E-state index is -0.539. The number of amides is 2. The Bertz CT molecular complexity index is 916. The van der Waals surface area contributed by atoms with Crippen LogP contribution in [0.5, 0.6) is 5.75 Å². The van der Waals surface area contributed by atoms with Crippen molar-refractivity contribution in [2.45, 2.75) is 104 Å². The number of nitrogens with one attached hydrogen (secondary N) is 2. The molecule has 3 rings (SSSR count). The third-order valence-electron chi connectivity index (χ3n) is 7.90. The molecular weight excluding hydrogens is 466 g/mol. The lowest BCUT2D eigenvalue weighted by Crippen LogP contribution is -2.55. The van der Waals surface area contributed by atoms with E-state index < -0.39 is 11.5 Å². The van der Waals surface area contributed by atoms with Gasteiger partial charge in [-0.25, -0.2) is 0 Å². The van der Waals surface area contributed by atoms with Crippen molar-refractivity contribution in [2.24, 2.45) is 11.3 Å². The summed E-state index contributed by atoms with van der Waals surface area (Å²) in [6.07, 6.45) is 4.72. The van der Waals surface area contributed by atoms with E-state index in [4.69, 9.17) is 4.74 Å². The minimum absolute atomic E-state index is 0.0124. The van der Waals surface area contributed by atoms with Crippen molar-refractivity contribution >= 4 is 11.8 Å². The van der Waals surface area contributed by atoms with Crippen LogP contribution in [0.1, 0.15) is 91.2 Å². The highest BCUT2D eigenvalue weighted by Crippen LogP contribution is 2.39. The molecule has 1 spiro atoms. The molecule has 37 heavy (non-hydrogen) atoms. The SMILES string of the molecule is CC(C)C[C@@H]1NC(=O)C2(CCCCOC[C@@H](C)NC1=O)CCN(Cc1cccc(C(C)(C)C)c1O)CC2. The lowest BCUT2D eigenvalue weighted by Gasteiger charge is -2.41. The standard InChI is InChI=1S/C30H49N3O4/c1-21(2)18-25-27(35)31-22(3)20-37-17-8-7-12-30(28(36)32-25)13-15-33(16-14-30)19-23-10-9-11-24(26(23)34)29(4,5)6/h9-11,21-22,25,34H,7-8,12-20H2,1-6H3,(H,31,35)(H,32,36)/t22-,25+/m1/s1. The van der Waals surface area contributed by atoms with Gasteiger partial charge in [-0.05, 0) is 69.0 Å². The summed E-state index contributed by atoms with van der Waals surface area (Å²) in [5.74, 6) is 0.553. The molecule has 2 heterocycles. The molecule has 0 bridgehead atoms. The van der Waals surface area contributed by atoms with E-state index in [1.165, 1.54) is 0 Å². The van der Waals surface area contributed by atoms with Crippen molar-refractivity contribution in [3.63, 3.8) is 0 Å². The number of carbonyl (C=O) groups is 2. The van der Waals surface area contributed by atoms with Gasteiger partial charge in [-0.2, -0.15) is 0 Å². The van der Waals surface area contributed by atoms with Crippen molar-refractivity contribution in [2.75, 3.05) is 26.3 Å². The molecule has 2 saturated heterocycles. The molecule has 0 aliphatic carbocycles. The van der Waals surface area contributed by atoms with E-state index in [1.807, 2.05) is 25.1 Å². The van der Waals surface area contributed by atoms with Gasteiger partial charge in [0.15, 0.2) is 0 Å². The molecule has 7 nitrogen and oxygen atoms in total. The van der Waals surface area contributed by atoms with E-state index in [2.05, 4.69) is 50.2 Å². The quantitative estimate of drug-likeness (QED) is 0.549. The van der Waals surface area contributed by atoms with Crippen LogP contribution in [0.3, 0.4) is 0 Å². The smallest absolute Gasteiger partial charge is 0.242 e. The number of carbonyl (C=O) groups excluding carboxylic acids is 2. The van der Waals surface area contributed by atoms with Crippen LogP contribution in [0.4, 0.5) is 0 Å². The zero-order valence-electron chi connectivity index (χ0n) is 23.9. The van der Waals surface area contributed by atoms with Crippen molar-refractivity contribution in [3.8, 4) is 5.75 Å². The molecule has 0 radical (unpaired) electrons. The largest absolute Gasteiger partial charge is 0.507 e. The number of aromatic hydroxyl groups is 1. The fraction of sp³-hybridized carbons (Fsp3) is 0.733. The maximum Gasteiger partial charge on any atom is 0.242 e. The van der Waals surface area contributed by atoms with Gasteiger partial charge in [-0.1, -0.05) is 59.2 Å². The zero-order valence-corrected chi connectivity index (χ0v) is 23.9. The summed E-state index contributed by atoms with van der Waals surface area (Å²) in [7, 11) is 0. The molecule has 3 N–H and O–H groups in total. The van der Waals surface area contributed by atoms with Gasteiger partial charge in [0.2, 0.25) is 11.8 Å². The van der Waals surface area contributed by atoms with Crippen LogP contribution in [0.25, 0.3) is 0 Å². The molecular formula is C30H49N3O4. The predicted molar refractivity (Wildman–Crippen MR) is 147 cm³/mol. The highest BCUT2D eigenvalue weighted by molar-refractivity contribution is 5.90. The van der Waals surface area contributed by atoms with Crippen molar-refractivity contribution in [1.82, 2.24) is 15.5 Å². The maximum absolute atomic E-state index is 13.8. The summed E-state index contributed by atoms with van der Waals surface area (Å²) in [5.41, 5.74) is 1.28. The number of phenolic OH excluding ortho intramolecular Hbond substituents is 1. The van der Waals surface area contributed by atoms with Gasteiger partial charge in [0.25, 0.3) is 0 Å². The second kappa shape index (κ2) is 12.6. The first-order valence-electron chi connectivity index (χ1n) is 14.1. The Balaban J connectivity index is 1.74. The van der Waals surface area contributed by atoms with Crippen LogP contribution >= 0.6 is 0 Å². The highest BCUT2D eigenvalue weighted by atomic mass is 16.5. The second-order valence-electron chi connectivity index (χ2n) is 12.7. The zero-order chi connectivity index (χ0) is 27.2. The normalized spacial score (nSPS) is 24.6. The Morgan fingerprint density at radius 2 is 1.81 bits per heavy atom. The first kappa shape index (κ1) is 29.4. The Labute approximate surface area is 223 Å². The summed E-state index contributed by atoms with van der Waals surface area (Å²) in [5, 5.41) is 17.1. The van der Waals surface area contributed by atoms with E-state index in [1.54, 1.807) is 0 Å². The number of phenols is 1. The Hall–Kier alpha value is -2.12. The van der Waals surface area contributed by atoms with Gasteiger partial charge in [-0.3, -0.25) is 14.5 Å². The number of rotatable bonds is 4. The van der Waals surface area contributed by atoms with Gasteiger partial charge in [0.1, 0.15) is 11.8 Å². The molecule has 2 atom stereocenters. The Morgan fingerprint density at radius 3 is 2.46 bits per heavy atom. The average Bonchev–Trinajstić information content (AvgIpc) is 2.82. The van der Waals surface area contributed by atoms with Crippen LogP contribution in [0.2, 0.25) is 0 Å². The number of nitrogens with zero attached hydrogens (tertiary/aromatic N) is 1. The first-order valence-corrected chi connectivity index (χ1v) is 14.1. The number of para-hydroxylation sites is 1. The second-order valence-corrected chi connectivity index (χ2v) is 12.7. The van der Waals surface area contributed by atoms with Crippen LogP contribution in [0.15, 0.2) is 18.2 Å². The van der Waals surface area contributed by atoms with Gasteiger partial charge in [-0.15, -0.1) is 0 Å². The lowest BCUT2D eigenvalue weighted by molar-refractivity contribution is -0.138. The van der Waals surface area contributed by atoms with Crippen molar-refractivity contribution in [1.29, 1.82) is 0 Å². The molecule has 0 aromatic heterocycles. The first-order chi connectivity index (χ1) is 17.4. The summed E-state index contributed by atoms with van der Waals surface area (Å²) in [6.45, 7) is 15.8. The highest BCUT2D eigenvalue weighted by Gasteiger charge is 2.42. The number of hydrogen-bond donors (Lipinski definition) is 3. The molecule has 2 amide bonds. The molecule has 2 aliphatic rings. The molecule has 208 valence electrons. The molecule has 0 unspecified atom stereocenters. The summed E-state index contributed by atoms with van der Waals surface area (Å²) in [6, 6.07) is 5.38. The topological polar surface area (TPSA) is 90.9 Å².